The lowest BCUT2D eigenvalue weighted by molar-refractivity contribution is -0.387. The van der Waals surface area contributed by atoms with Gasteiger partial charge in [0, 0.05) is 18.5 Å². The average Bonchev–Trinajstić information content (AvgIpc) is 3.22. The molecule has 3 rings (SSSR count). The third-order valence-corrected chi connectivity index (χ3v) is 11.5. The summed E-state index contributed by atoms with van der Waals surface area (Å²) in [7, 11) is -4.73. The van der Waals surface area contributed by atoms with Crippen LogP contribution in [0.4, 0.5) is 5.69 Å². The van der Waals surface area contributed by atoms with E-state index in [0.29, 0.717) is 6.42 Å². The normalized spacial score (nSPS) is 15.6. The molecule has 21 heteroatoms. The van der Waals surface area contributed by atoms with Gasteiger partial charge >= 0.3 is 0 Å². The van der Waals surface area contributed by atoms with Crippen LogP contribution in [0, 0.1) is 27.9 Å². The third kappa shape index (κ3) is 14.5. The highest BCUT2D eigenvalue weighted by molar-refractivity contribution is 7.90. The van der Waals surface area contributed by atoms with Gasteiger partial charge in [0.15, 0.2) is 4.90 Å². The van der Waals surface area contributed by atoms with Gasteiger partial charge in [-0.25, -0.2) is 18.1 Å². The fraction of sp³-hybridized carbons (Fsp3) is 0.564. The van der Waals surface area contributed by atoms with Gasteiger partial charge in [0.05, 0.1) is 23.7 Å². The highest BCUT2D eigenvalue weighted by Gasteiger charge is 2.36. The SMILES string of the molecule is CCC(NC(=O)[C@H](CC1CCCCC1)NC(=O)[C@@H](NC(=O)[C@H](CC(C)C)NC(=O)c1cnccn1)[C@@H](C)CC)C(=O)C(=O)NCC(=O)NS(=O)(=O)c1ccccc1[N+](=O)[O-]. The van der Waals surface area contributed by atoms with Crippen molar-refractivity contribution in [2.24, 2.45) is 17.8 Å². The summed E-state index contributed by atoms with van der Waals surface area (Å²) >= 11 is 0. The number of amides is 6. The number of hydrogen-bond acceptors (Lipinski definition) is 13. The lowest BCUT2D eigenvalue weighted by Gasteiger charge is -2.31. The van der Waals surface area contributed by atoms with Crippen LogP contribution in [0.3, 0.4) is 0 Å². The summed E-state index contributed by atoms with van der Waals surface area (Å²) in [6.45, 7) is 7.83. The smallest absolute Gasteiger partial charge is 0.290 e. The molecule has 2 aromatic rings. The summed E-state index contributed by atoms with van der Waals surface area (Å²) in [6.07, 6.45) is 9.26. The molecular formula is C39H55N9O11S. The monoisotopic (exact) mass is 857 g/mol. The Hall–Kier alpha value is -5.86. The Morgan fingerprint density at radius 2 is 1.48 bits per heavy atom. The Kier molecular flexibility index (Phi) is 18.6. The zero-order chi connectivity index (χ0) is 44.6. The molecular weight excluding hydrogens is 803 g/mol. The number of nitrogens with one attached hydrogen (secondary N) is 6. The van der Waals surface area contributed by atoms with Crippen molar-refractivity contribution in [3.63, 3.8) is 0 Å². The van der Waals surface area contributed by atoms with E-state index in [-0.39, 0.29) is 36.8 Å². The fourth-order valence-electron chi connectivity index (χ4n) is 6.66. The minimum absolute atomic E-state index is 0.00281. The Labute approximate surface area is 348 Å². The number of sulfonamides is 1. The van der Waals surface area contributed by atoms with E-state index in [2.05, 4.69) is 31.2 Å². The van der Waals surface area contributed by atoms with Crippen molar-refractivity contribution in [3.8, 4) is 0 Å². The van der Waals surface area contributed by atoms with E-state index >= 15 is 0 Å². The molecule has 0 spiro atoms. The molecule has 1 saturated carbocycles. The van der Waals surface area contributed by atoms with Crippen LogP contribution in [0.1, 0.15) is 103 Å². The third-order valence-electron chi connectivity index (χ3n) is 10.1. The molecule has 60 heavy (non-hydrogen) atoms. The van der Waals surface area contributed by atoms with Gasteiger partial charge in [-0.05, 0) is 43.1 Å². The molecule has 1 aromatic carbocycles. The molecule has 328 valence electrons. The first-order chi connectivity index (χ1) is 28.4. The molecule has 1 aliphatic rings. The number of carbonyl (C=O) groups excluding carboxylic acids is 7. The van der Waals surface area contributed by atoms with E-state index in [9.17, 15) is 52.1 Å². The van der Waals surface area contributed by atoms with Crippen molar-refractivity contribution in [2.75, 3.05) is 6.54 Å². The number of nitro benzene ring substituents is 1. The molecule has 5 atom stereocenters. The van der Waals surface area contributed by atoms with Gasteiger partial charge in [-0.3, -0.25) is 48.7 Å². The second kappa shape index (κ2) is 23.1. The first kappa shape index (κ1) is 48.5. The van der Waals surface area contributed by atoms with Gasteiger partial charge in [-0.2, -0.15) is 0 Å². The van der Waals surface area contributed by atoms with E-state index in [4.69, 9.17) is 0 Å². The summed E-state index contributed by atoms with van der Waals surface area (Å²) in [5.41, 5.74) is -0.782. The Morgan fingerprint density at radius 3 is 2.08 bits per heavy atom. The van der Waals surface area contributed by atoms with Gasteiger partial charge in [0.1, 0.15) is 23.8 Å². The van der Waals surface area contributed by atoms with Gasteiger partial charge in [0.25, 0.3) is 33.4 Å². The molecule has 6 amide bonds. The van der Waals surface area contributed by atoms with Crippen molar-refractivity contribution in [1.82, 2.24) is 41.3 Å². The first-order valence-corrected chi connectivity index (χ1v) is 21.5. The standard InChI is InChI=1S/C39H55N9O11S/c1-6-24(5)33(46-36(52)27(19-23(3)4)44-37(53)29-21-40-17-18-41-29)38(54)45-28(20-25-13-9-8-10-14-25)35(51)43-26(7-2)34(50)39(55)42-22-32(49)47-60(58,59)31-16-12-11-15-30(31)48(56)57/h11-12,15-18,21,23-28,33H,6-10,13-14,19-20,22H2,1-5H3,(H,42,55)(H,43,51)(H,44,53)(H,45,54)(H,46,52)(H,47,49)/t24-,26?,27-,28-,33-/m0/s1. The molecule has 20 nitrogen and oxygen atoms in total. The summed E-state index contributed by atoms with van der Waals surface area (Å²) in [5.74, 6) is -6.87. The average molecular weight is 858 g/mol. The molecule has 0 aliphatic heterocycles. The molecule has 6 N–H and O–H groups in total. The van der Waals surface area contributed by atoms with Crippen LogP contribution in [0.5, 0.6) is 0 Å². The Morgan fingerprint density at radius 1 is 0.833 bits per heavy atom. The number of nitro groups is 1. The maximum atomic E-state index is 14.1. The predicted molar refractivity (Wildman–Crippen MR) is 216 cm³/mol. The second-order valence-electron chi connectivity index (χ2n) is 15.2. The van der Waals surface area contributed by atoms with Gasteiger partial charge in [-0.1, -0.05) is 85.3 Å². The van der Waals surface area contributed by atoms with Crippen LogP contribution in [-0.2, 0) is 38.8 Å². The van der Waals surface area contributed by atoms with Crippen LogP contribution in [0.15, 0.2) is 47.8 Å². The maximum Gasteiger partial charge on any atom is 0.290 e. The lowest BCUT2D eigenvalue weighted by atomic mass is 9.84. The number of aromatic nitrogens is 2. The van der Waals surface area contributed by atoms with Gasteiger partial charge in [-0.15, -0.1) is 0 Å². The molecule has 1 heterocycles. The summed E-state index contributed by atoms with van der Waals surface area (Å²) in [6, 6.07) is -0.465. The predicted octanol–water partition coefficient (Wildman–Crippen LogP) is 1.60. The highest BCUT2D eigenvalue weighted by atomic mass is 32.2. The summed E-state index contributed by atoms with van der Waals surface area (Å²) in [5, 5.41) is 24.1. The molecule has 1 aromatic heterocycles. The van der Waals surface area contributed by atoms with Crippen LogP contribution in [-0.4, -0.2) is 95.2 Å². The number of ketones is 1. The molecule has 1 aliphatic carbocycles. The Bertz CT molecular complexity index is 1980. The maximum absolute atomic E-state index is 14.1. The molecule has 1 fully saturated rings. The van der Waals surface area contributed by atoms with E-state index in [0.717, 1.165) is 44.2 Å². The molecule has 0 saturated heterocycles. The van der Waals surface area contributed by atoms with Crippen molar-refractivity contribution in [1.29, 1.82) is 0 Å². The number of carbonyl (C=O) groups is 7. The van der Waals surface area contributed by atoms with Gasteiger partial charge in [0.2, 0.25) is 23.5 Å². The summed E-state index contributed by atoms with van der Waals surface area (Å²) < 4.78 is 27.0. The number of benzene rings is 1. The molecule has 1 unspecified atom stereocenters. The second-order valence-corrected chi connectivity index (χ2v) is 16.8. The zero-order valence-corrected chi connectivity index (χ0v) is 35.2. The lowest BCUT2D eigenvalue weighted by Crippen LogP contribution is -2.60. The summed E-state index contributed by atoms with van der Waals surface area (Å²) in [4.78, 5) is 111. The Balaban J connectivity index is 1.74. The number of rotatable bonds is 22. The number of para-hydroxylation sites is 1. The van der Waals surface area contributed by atoms with Crippen LogP contribution in [0.25, 0.3) is 0 Å². The molecule has 0 radical (unpaired) electrons. The van der Waals surface area contributed by atoms with Crippen molar-refractivity contribution in [3.05, 3.63) is 58.7 Å². The van der Waals surface area contributed by atoms with Gasteiger partial charge < -0.3 is 26.6 Å². The zero-order valence-electron chi connectivity index (χ0n) is 34.4. The van der Waals surface area contributed by atoms with Crippen molar-refractivity contribution < 1.29 is 46.9 Å². The topological polar surface area (TPSA) is 295 Å². The quantitative estimate of drug-likeness (QED) is 0.0558. The van der Waals surface area contributed by atoms with Crippen LogP contribution >= 0.6 is 0 Å². The van der Waals surface area contributed by atoms with Crippen LogP contribution < -0.4 is 31.3 Å². The van der Waals surface area contributed by atoms with E-state index < -0.39 is 103 Å². The van der Waals surface area contributed by atoms with Crippen molar-refractivity contribution in [2.45, 2.75) is 121 Å². The van der Waals surface area contributed by atoms with E-state index in [1.54, 1.807) is 11.6 Å². The van der Waals surface area contributed by atoms with E-state index in [1.165, 1.54) is 37.6 Å². The molecule has 0 bridgehead atoms. The number of nitrogens with zero attached hydrogens (tertiary/aromatic N) is 3. The minimum Gasteiger partial charge on any atom is -0.344 e. The minimum atomic E-state index is -4.73. The number of hydrogen-bond donors (Lipinski definition) is 6. The highest BCUT2D eigenvalue weighted by Crippen LogP contribution is 2.28. The van der Waals surface area contributed by atoms with Crippen LogP contribution in [0.2, 0.25) is 0 Å². The van der Waals surface area contributed by atoms with E-state index in [1.807, 2.05) is 26.1 Å². The number of Topliss-reactive ketones (excluding diaryl/α,β-unsaturated/α-hetero) is 1. The largest absolute Gasteiger partial charge is 0.344 e. The first-order valence-electron chi connectivity index (χ1n) is 20.0. The van der Waals surface area contributed by atoms with Crippen molar-refractivity contribution >= 4 is 56.9 Å². The fourth-order valence-corrected chi connectivity index (χ4v) is 7.82.